The summed E-state index contributed by atoms with van der Waals surface area (Å²) in [4.78, 5) is 10.7. The average Bonchev–Trinajstić information content (AvgIpc) is 2.30. The number of hydrogen-bond donors (Lipinski definition) is 2. The highest BCUT2D eigenvalue weighted by molar-refractivity contribution is 5.38. The molecule has 0 radical (unpaired) electrons. The molecule has 1 atom stereocenters. The van der Waals surface area contributed by atoms with Gasteiger partial charge in [-0.15, -0.1) is 0 Å². The maximum Gasteiger partial charge on any atom is 0.147 e. The Bertz CT molecular complexity index is 349. The van der Waals surface area contributed by atoms with Crippen LogP contribution in [-0.2, 0) is 0 Å². The second-order valence-electron chi connectivity index (χ2n) is 4.74. The Morgan fingerprint density at radius 3 is 2.82 bits per heavy atom. The van der Waals surface area contributed by atoms with Gasteiger partial charge in [-0.1, -0.05) is 6.42 Å². The van der Waals surface area contributed by atoms with Gasteiger partial charge in [-0.2, -0.15) is 0 Å². The van der Waals surface area contributed by atoms with E-state index in [1.165, 1.54) is 32.4 Å². The number of nitrogens with one attached hydrogen (secondary N) is 1. The Morgan fingerprint density at radius 1 is 1.35 bits per heavy atom. The van der Waals surface area contributed by atoms with E-state index in [0.29, 0.717) is 11.9 Å². The molecule has 2 rings (SSSR count). The van der Waals surface area contributed by atoms with Crippen LogP contribution < -0.4 is 11.1 Å². The number of piperidine rings is 1. The number of aromatic nitrogens is 2. The van der Waals surface area contributed by atoms with E-state index < -0.39 is 0 Å². The number of nitrogens with zero attached hydrogens (tertiary/aromatic N) is 3. The lowest BCUT2D eigenvalue weighted by Crippen LogP contribution is -2.38. The number of rotatable bonds is 4. The normalized spacial score (nSPS) is 18.9. The molecule has 3 N–H and O–H groups in total. The molecular formula is C12H21N5. The Hall–Kier alpha value is -1.36. The summed E-state index contributed by atoms with van der Waals surface area (Å²) in [6.45, 7) is 5.65. The van der Waals surface area contributed by atoms with Crippen molar-refractivity contribution in [2.45, 2.75) is 32.2 Å². The van der Waals surface area contributed by atoms with Gasteiger partial charge in [0.25, 0.3) is 0 Å². The number of anilines is 2. The van der Waals surface area contributed by atoms with Crippen LogP contribution in [0.25, 0.3) is 0 Å². The van der Waals surface area contributed by atoms with Crippen LogP contribution in [0.4, 0.5) is 11.6 Å². The largest absolute Gasteiger partial charge is 0.382 e. The minimum absolute atomic E-state index is 0.365. The highest BCUT2D eigenvalue weighted by atomic mass is 15.2. The standard InChI is InChI=1S/C12H21N5/c1-10(9-17-5-3-2-4-6-17)15-12-8-14-7-11(13)16-12/h7-8,10H,2-6,9H2,1H3,(H3,13,15,16). The van der Waals surface area contributed by atoms with E-state index in [1.807, 2.05) is 0 Å². The van der Waals surface area contributed by atoms with Crippen LogP contribution in [0.2, 0.25) is 0 Å². The van der Waals surface area contributed by atoms with Gasteiger partial charge in [-0.3, -0.25) is 4.98 Å². The molecular weight excluding hydrogens is 214 g/mol. The molecule has 94 valence electrons. The van der Waals surface area contributed by atoms with E-state index >= 15 is 0 Å². The fraction of sp³-hybridized carbons (Fsp3) is 0.667. The highest BCUT2D eigenvalue weighted by Gasteiger charge is 2.13. The van der Waals surface area contributed by atoms with Crippen LogP contribution in [-0.4, -0.2) is 40.5 Å². The Kier molecular flexibility index (Phi) is 4.14. The van der Waals surface area contributed by atoms with E-state index in [9.17, 15) is 0 Å². The minimum Gasteiger partial charge on any atom is -0.382 e. The van der Waals surface area contributed by atoms with Crippen LogP contribution >= 0.6 is 0 Å². The quantitative estimate of drug-likeness (QED) is 0.824. The van der Waals surface area contributed by atoms with Crippen molar-refractivity contribution in [3.63, 3.8) is 0 Å². The zero-order valence-corrected chi connectivity index (χ0v) is 10.4. The zero-order valence-electron chi connectivity index (χ0n) is 10.4. The predicted octanol–water partition coefficient (Wildman–Crippen LogP) is 1.35. The van der Waals surface area contributed by atoms with E-state index in [4.69, 9.17) is 5.73 Å². The summed E-state index contributed by atoms with van der Waals surface area (Å²) in [6, 6.07) is 0.365. The van der Waals surface area contributed by atoms with Gasteiger partial charge >= 0.3 is 0 Å². The van der Waals surface area contributed by atoms with Crippen molar-refractivity contribution < 1.29 is 0 Å². The van der Waals surface area contributed by atoms with Crippen LogP contribution in [0.1, 0.15) is 26.2 Å². The summed E-state index contributed by atoms with van der Waals surface area (Å²) in [5.74, 6) is 1.22. The summed E-state index contributed by atoms with van der Waals surface area (Å²) in [7, 11) is 0. The lowest BCUT2D eigenvalue weighted by molar-refractivity contribution is 0.223. The molecule has 1 aromatic rings. The summed E-state index contributed by atoms with van der Waals surface area (Å²) in [5, 5.41) is 3.33. The number of hydrogen-bond acceptors (Lipinski definition) is 5. The second-order valence-corrected chi connectivity index (χ2v) is 4.74. The number of nitrogen functional groups attached to an aromatic ring is 1. The van der Waals surface area contributed by atoms with Crippen molar-refractivity contribution in [2.24, 2.45) is 0 Å². The molecule has 0 amide bonds. The molecule has 2 heterocycles. The maximum absolute atomic E-state index is 5.59. The first-order chi connectivity index (χ1) is 8.24. The fourth-order valence-corrected chi connectivity index (χ4v) is 2.28. The first-order valence-corrected chi connectivity index (χ1v) is 6.30. The summed E-state index contributed by atoms with van der Waals surface area (Å²) in [5.41, 5.74) is 5.59. The van der Waals surface area contributed by atoms with E-state index in [0.717, 1.165) is 12.4 Å². The van der Waals surface area contributed by atoms with Gasteiger partial charge in [0.15, 0.2) is 0 Å². The predicted molar refractivity (Wildman–Crippen MR) is 69.8 cm³/mol. The molecule has 0 aromatic carbocycles. The zero-order chi connectivity index (χ0) is 12.1. The molecule has 0 spiro atoms. The van der Waals surface area contributed by atoms with Crippen molar-refractivity contribution in [3.05, 3.63) is 12.4 Å². The Balaban J connectivity index is 1.82. The van der Waals surface area contributed by atoms with Gasteiger partial charge in [0.2, 0.25) is 0 Å². The lowest BCUT2D eigenvalue weighted by Gasteiger charge is -2.29. The molecule has 1 aliphatic rings. The molecule has 1 aliphatic heterocycles. The SMILES string of the molecule is CC(CN1CCCCC1)Nc1cncc(N)n1. The molecule has 5 nitrogen and oxygen atoms in total. The smallest absolute Gasteiger partial charge is 0.147 e. The van der Waals surface area contributed by atoms with Crippen LogP contribution in [0, 0.1) is 0 Å². The number of likely N-dealkylation sites (tertiary alicyclic amines) is 1. The first kappa shape index (κ1) is 12.1. The van der Waals surface area contributed by atoms with Gasteiger partial charge in [0.1, 0.15) is 11.6 Å². The van der Waals surface area contributed by atoms with Crippen LogP contribution in [0.3, 0.4) is 0 Å². The second kappa shape index (κ2) is 5.82. The molecule has 1 fully saturated rings. The molecule has 1 aromatic heterocycles. The highest BCUT2D eigenvalue weighted by Crippen LogP contribution is 2.11. The van der Waals surface area contributed by atoms with Crippen molar-refractivity contribution in [3.8, 4) is 0 Å². The molecule has 0 aliphatic carbocycles. The number of nitrogens with two attached hydrogens (primary N) is 1. The van der Waals surface area contributed by atoms with Crippen molar-refractivity contribution in [1.82, 2.24) is 14.9 Å². The monoisotopic (exact) mass is 235 g/mol. The van der Waals surface area contributed by atoms with E-state index in [2.05, 4.69) is 27.1 Å². The summed E-state index contributed by atoms with van der Waals surface area (Å²) >= 11 is 0. The fourth-order valence-electron chi connectivity index (χ4n) is 2.28. The molecule has 0 saturated carbocycles. The summed E-state index contributed by atoms with van der Waals surface area (Å²) in [6.07, 6.45) is 7.29. The van der Waals surface area contributed by atoms with Crippen molar-refractivity contribution >= 4 is 11.6 Å². The first-order valence-electron chi connectivity index (χ1n) is 6.30. The van der Waals surface area contributed by atoms with Gasteiger partial charge in [0, 0.05) is 12.6 Å². The third-order valence-corrected chi connectivity index (χ3v) is 3.03. The third kappa shape index (κ3) is 3.85. The Morgan fingerprint density at radius 2 is 2.12 bits per heavy atom. The topological polar surface area (TPSA) is 67.1 Å². The molecule has 1 saturated heterocycles. The van der Waals surface area contributed by atoms with E-state index in [1.54, 1.807) is 12.4 Å². The maximum atomic E-state index is 5.59. The van der Waals surface area contributed by atoms with E-state index in [-0.39, 0.29) is 0 Å². The third-order valence-electron chi connectivity index (χ3n) is 3.03. The molecule has 0 bridgehead atoms. The summed E-state index contributed by atoms with van der Waals surface area (Å²) < 4.78 is 0. The van der Waals surface area contributed by atoms with Crippen molar-refractivity contribution in [2.75, 3.05) is 30.7 Å². The van der Waals surface area contributed by atoms with Crippen LogP contribution in [0.15, 0.2) is 12.4 Å². The van der Waals surface area contributed by atoms with Gasteiger partial charge < -0.3 is 16.0 Å². The average molecular weight is 235 g/mol. The van der Waals surface area contributed by atoms with Crippen molar-refractivity contribution in [1.29, 1.82) is 0 Å². The molecule has 1 unspecified atom stereocenters. The van der Waals surface area contributed by atoms with Crippen LogP contribution in [0.5, 0.6) is 0 Å². The Labute approximate surface area is 102 Å². The van der Waals surface area contributed by atoms with Gasteiger partial charge in [-0.25, -0.2) is 4.98 Å². The van der Waals surface area contributed by atoms with Gasteiger partial charge in [0.05, 0.1) is 12.4 Å². The molecule has 5 heteroatoms. The lowest BCUT2D eigenvalue weighted by atomic mass is 10.1. The minimum atomic E-state index is 0.365. The molecule has 17 heavy (non-hydrogen) atoms. The van der Waals surface area contributed by atoms with Gasteiger partial charge in [-0.05, 0) is 32.9 Å².